The summed E-state index contributed by atoms with van der Waals surface area (Å²) in [5, 5.41) is 3.09. The zero-order valence-electron chi connectivity index (χ0n) is 15.7. The van der Waals surface area contributed by atoms with Crippen molar-refractivity contribution < 1.29 is 9.53 Å². The molecule has 4 nitrogen and oxygen atoms in total. The number of ether oxygens (including phenoxy) is 1. The van der Waals surface area contributed by atoms with E-state index in [0.29, 0.717) is 6.54 Å². The van der Waals surface area contributed by atoms with Crippen LogP contribution in [0.1, 0.15) is 16.7 Å². The zero-order valence-corrected chi connectivity index (χ0v) is 16.5. The third kappa shape index (κ3) is 4.72. The summed E-state index contributed by atoms with van der Waals surface area (Å²) in [5.41, 5.74) is 3.85. The van der Waals surface area contributed by atoms with Crippen LogP contribution < -0.4 is 5.32 Å². The Hall–Kier alpha value is -1.82. The van der Waals surface area contributed by atoms with Gasteiger partial charge in [0.05, 0.1) is 18.0 Å². The first-order valence-corrected chi connectivity index (χ1v) is 10.5. The van der Waals surface area contributed by atoms with Gasteiger partial charge in [0.2, 0.25) is 5.91 Å². The number of thioether (sulfide) groups is 1. The molecule has 2 heterocycles. The SMILES string of the molecule is Cc1ccc2c(c1)SC(C(=O)NCC1CN(Cc3ccccc3)CCO1)C2. The van der Waals surface area contributed by atoms with Gasteiger partial charge < -0.3 is 10.1 Å². The Kier molecular flexibility index (Phi) is 5.81. The van der Waals surface area contributed by atoms with Crippen molar-refractivity contribution in [3.63, 3.8) is 0 Å². The van der Waals surface area contributed by atoms with Gasteiger partial charge >= 0.3 is 0 Å². The Morgan fingerprint density at radius 3 is 2.96 bits per heavy atom. The van der Waals surface area contributed by atoms with E-state index in [0.717, 1.165) is 32.7 Å². The maximum atomic E-state index is 12.6. The Morgan fingerprint density at radius 2 is 2.11 bits per heavy atom. The standard InChI is InChI=1S/C22H26N2O2S/c1-16-7-8-18-12-21(27-20(18)11-16)22(25)23-13-19-15-24(9-10-26-19)14-17-5-3-2-4-6-17/h2-8,11,19,21H,9-10,12-15H2,1H3,(H,23,25). The number of carbonyl (C=O) groups is 1. The lowest BCUT2D eigenvalue weighted by atomic mass is 10.1. The largest absolute Gasteiger partial charge is 0.374 e. The zero-order chi connectivity index (χ0) is 18.6. The highest BCUT2D eigenvalue weighted by molar-refractivity contribution is 8.01. The van der Waals surface area contributed by atoms with Crippen LogP contribution in [0.3, 0.4) is 0 Å². The van der Waals surface area contributed by atoms with Crippen LogP contribution in [0.15, 0.2) is 53.4 Å². The molecule has 0 bridgehead atoms. The minimum atomic E-state index is -0.0224. The second-order valence-electron chi connectivity index (χ2n) is 7.38. The van der Waals surface area contributed by atoms with E-state index in [-0.39, 0.29) is 17.3 Å². The summed E-state index contributed by atoms with van der Waals surface area (Å²) in [6, 6.07) is 17.0. The number of benzene rings is 2. The molecular weight excluding hydrogens is 356 g/mol. The second-order valence-corrected chi connectivity index (χ2v) is 8.63. The van der Waals surface area contributed by atoms with E-state index in [1.54, 1.807) is 11.8 Å². The van der Waals surface area contributed by atoms with E-state index in [1.807, 2.05) is 6.07 Å². The fourth-order valence-electron chi connectivity index (χ4n) is 3.70. The topological polar surface area (TPSA) is 41.6 Å². The number of fused-ring (bicyclic) bond motifs is 1. The van der Waals surface area contributed by atoms with E-state index in [1.165, 1.54) is 21.6 Å². The monoisotopic (exact) mass is 382 g/mol. The predicted molar refractivity (Wildman–Crippen MR) is 109 cm³/mol. The van der Waals surface area contributed by atoms with Crippen molar-refractivity contribution in [2.24, 2.45) is 0 Å². The van der Waals surface area contributed by atoms with Crippen LogP contribution >= 0.6 is 11.8 Å². The molecule has 27 heavy (non-hydrogen) atoms. The van der Waals surface area contributed by atoms with Crippen LogP contribution in [0.25, 0.3) is 0 Å². The van der Waals surface area contributed by atoms with E-state index in [9.17, 15) is 4.79 Å². The molecule has 2 unspecified atom stereocenters. The average molecular weight is 383 g/mol. The van der Waals surface area contributed by atoms with Gasteiger partial charge in [-0.3, -0.25) is 9.69 Å². The second kappa shape index (κ2) is 8.46. The number of hydrogen-bond acceptors (Lipinski definition) is 4. The number of carbonyl (C=O) groups excluding carboxylic acids is 1. The quantitative estimate of drug-likeness (QED) is 0.863. The first kappa shape index (κ1) is 18.5. The van der Waals surface area contributed by atoms with Crippen molar-refractivity contribution in [3.05, 3.63) is 65.2 Å². The van der Waals surface area contributed by atoms with Gasteiger partial charge in [0, 0.05) is 31.1 Å². The Labute approximate surface area is 165 Å². The maximum absolute atomic E-state index is 12.6. The molecule has 142 valence electrons. The van der Waals surface area contributed by atoms with Crippen molar-refractivity contribution in [2.45, 2.75) is 36.1 Å². The van der Waals surface area contributed by atoms with E-state index >= 15 is 0 Å². The van der Waals surface area contributed by atoms with Gasteiger partial charge in [-0.1, -0.05) is 48.0 Å². The number of hydrogen-bond donors (Lipinski definition) is 1. The van der Waals surface area contributed by atoms with Crippen molar-refractivity contribution in [3.8, 4) is 0 Å². The molecular formula is C22H26N2O2S. The molecule has 0 radical (unpaired) electrons. The predicted octanol–water partition coefficient (Wildman–Crippen LogP) is 3.03. The molecule has 0 spiro atoms. The number of morpholine rings is 1. The maximum Gasteiger partial charge on any atom is 0.233 e. The molecule has 2 aromatic rings. The van der Waals surface area contributed by atoms with Crippen LogP contribution in [0.2, 0.25) is 0 Å². The summed E-state index contributed by atoms with van der Waals surface area (Å²) in [7, 11) is 0. The van der Waals surface area contributed by atoms with Crippen molar-refractivity contribution in [1.29, 1.82) is 0 Å². The molecule has 2 atom stereocenters. The normalized spacial score (nSPS) is 22.4. The van der Waals surface area contributed by atoms with Crippen LogP contribution in [-0.4, -0.2) is 48.4 Å². The molecule has 0 saturated carbocycles. The summed E-state index contributed by atoms with van der Waals surface area (Å²) in [6.45, 7) is 6.11. The summed E-state index contributed by atoms with van der Waals surface area (Å²) in [5.74, 6) is 0.123. The fourth-order valence-corrected chi connectivity index (χ4v) is 5.01. The van der Waals surface area contributed by atoms with E-state index < -0.39 is 0 Å². The lowest BCUT2D eigenvalue weighted by Gasteiger charge is -2.33. The lowest BCUT2D eigenvalue weighted by Crippen LogP contribution is -2.48. The molecule has 5 heteroatoms. The molecule has 2 aliphatic heterocycles. The van der Waals surface area contributed by atoms with Crippen LogP contribution in [-0.2, 0) is 22.5 Å². The van der Waals surface area contributed by atoms with E-state index in [2.05, 4.69) is 59.6 Å². The summed E-state index contributed by atoms with van der Waals surface area (Å²) in [6.07, 6.45) is 0.875. The number of nitrogens with zero attached hydrogens (tertiary/aromatic N) is 1. The van der Waals surface area contributed by atoms with Crippen molar-refractivity contribution in [2.75, 3.05) is 26.2 Å². The van der Waals surface area contributed by atoms with Gasteiger partial charge in [0.1, 0.15) is 0 Å². The summed E-state index contributed by atoms with van der Waals surface area (Å²) >= 11 is 1.68. The van der Waals surface area contributed by atoms with Crippen molar-refractivity contribution in [1.82, 2.24) is 10.2 Å². The van der Waals surface area contributed by atoms with Crippen LogP contribution in [0.5, 0.6) is 0 Å². The molecule has 4 rings (SSSR count). The highest BCUT2D eigenvalue weighted by Crippen LogP contribution is 2.37. The van der Waals surface area contributed by atoms with Gasteiger partial charge in [-0.25, -0.2) is 0 Å². The number of amides is 1. The molecule has 2 aromatic carbocycles. The fraction of sp³-hybridized carbons (Fsp3) is 0.409. The van der Waals surface area contributed by atoms with Gasteiger partial charge in [0.25, 0.3) is 0 Å². The van der Waals surface area contributed by atoms with Gasteiger partial charge in [-0.05, 0) is 30.5 Å². The van der Waals surface area contributed by atoms with Gasteiger partial charge in [-0.2, -0.15) is 0 Å². The van der Waals surface area contributed by atoms with Gasteiger partial charge in [0.15, 0.2) is 0 Å². The summed E-state index contributed by atoms with van der Waals surface area (Å²) in [4.78, 5) is 16.3. The molecule has 1 saturated heterocycles. The first-order chi connectivity index (χ1) is 13.2. The molecule has 2 aliphatic rings. The summed E-state index contributed by atoms with van der Waals surface area (Å²) < 4.78 is 5.87. The smallest absolute Gasteiger partial charge is 0.233 e. The minimum absolute atomic E-state index is 0.0224. The van der Waals surface area contributed by atoms with Gasteiger partial charge in [-0.15, -0.1) is 11.8 Å². The number of aryl methyl sites for hydroxylation is 1. The first-order valence-electron chi connectivity index (χ1n) is 9.59. The van der Waals surface area contributed by atoms with E-state index in [4.69, 9.17) is 4.74 Å². The highest BCUT2D eigenvalue weighted by atomic mass is 32.2. The third-order valence-corrected chi connectivity index (χ3v) is 6.46. The molecule has 0 aliphatic carbocycles. The molecule has 1 fully saturated rings. The van der Waals surface area contributed by atoms with Crippen LogP contribution in [0, 0.1) is 6.92 Å². The Bertz CT molecular complexity index is 796. The third-order valence-electron chi connectivity index (χ3n) is 5.17. The minimum Gasteiger partial charge on any atom is -0.374 e. The Balaban J connectivity index is 1.25. The lowest BCUT2D eigenvalue weighted by molar-refractivity contribution is -0.121. The molecule has 0 aromatic heterocycles. The van der Waals surface area contributed by atoms with Crippen molar-refractivity contribution >= 4 is 17.7 Å². The Morgan fingerprint density at radius 1 is 1.26 bits per heavy atom. The highest BCUT2D eigenvalue weighted by Gasteiger charge is 2.29. The number of rotatable bonds is 5. The average Bonchev–Trinajstić information content (AvgIpc) is 3.10. The molecule has 1 amide bonds. The molecule has 1 N–H and O–H groups in total. The van der Waals surface area contributed by atoms with Crippen LogP contribution in [0.4, 0.5) is 0 Å². The number of nitrogens with one attached hydrogen (secondary N) is 1.